The topological polar surface area (TPSA) is 57.8 Å². The van der Waals surface area contributed by atoms with Gasteiger partial charge < -0.3 is 5.32 Å². The summed E-state index contributed by atoms with van der Waals surface area (Å²) < 4.78 is 0. The molecule has 4 heteroatoms. The van der Waals surface area contributed by atoms with Crippen molar-refractivity contribution in [3.63, 3.8) is 0 Å². The molecular formula is C20H21N3O. The number of hydrogen-bond acceptors (Lipinski definition) is 2. The molecule has 0 saturated heterocycles. The summed E-state index contributed by atoms with van der Waals surface area (Å²) in [5.74, 6) is -0.0943. The maximum absolute atomic E-state index is 12.6. The number of amides is 1. The van der Waals surface area contributed by atoms with Gasteiger partial charge in [-0.3, -0.25) is 9.89 Å². The number of rotatable bonds is 6. The molecule has 2 aromatic carbocycles. The Hall–Kier alpha value is -2.88. The van der Waals surface area contributed by atoms with Crippen LogP contribution in [0.15, 0.2) is 66.9 Å². The molecule has 0 aliphatic heterocycles. The molecule has 0 spiro atoms. The van der Waals surface area contributed by atoms with Crippen molar-refractivity contribution in [2.24, 2.45) is 0 Å². The smallest absolute Gasteiger partial charge is 0.255 e. The van der Waals surface area contributed by atoms with Crippen molar-refractivity contribution in [3.05, 3.63) is 78.0 Å². The zero-order valence-corrected chi connectivity index (χ0v) is 13.7. The van der Waals surface area contributed by atoms with Gasteiger partial charge in [0.05, 0.1) is 17.5 Å². The van der Waals surface area contributed by atoms with E-state index in [0.29, 0.717) is 5.56 Å². The molecule has 3 aromatic rings. The Kier molecular flexibility index (Phi) is 5.06. The van der Waals surface area contributed by atoms with Crippen LogP contribution in [0.4, 0.5) is 0 Å². The van der Waals surface area contributed by atoms with Crippen LogP contribution >= 0.6 is 0 Å². The molecular weight excluding hydrogens is 298 g/mol. The number of aromatic amines is 1. The Morgan fingerprint density at radius 3 is 2.46 bits per heavy atom. The van der Waals surface area contributed by atoms with Crippen LogP contribution in [0.25, 0.3) is 11.3 Å². The van der Waals surface area contributed by atoms with E-state index < -0.39 is 0 Å². The van der Waals surface area contributed by atoms with Gasteiger partial charge in [-0.2, -0.15) is 5.10 Å². The molecule has 3 rings (SSSR count). The molecule has 0 aliphatic rings. The highest BCUT2D eigenvalue weighted by atomic mass is 16.1. The number of hydrogen-bond donors (Lipinski definition) is 2. The Labute approximate surface area is 141 Å². The highest BCUT2D eigenvalue weighted by molar-refractivity contribution is 5.99. The number of nitrogens with one attached hydrogen (secondary N) is 2. The molecule has 1 amide bonds. The van der Waals surface area contributed by atoms with Crippen molar-refractivity contribution < 1.29 is 4.79 Å². The van der Waals surface area contributed by atoms with Gasteiger partial charge in [0.1, 0.15) is 0 Å². The van der Waals surface area contributed by atoms with Crippen molar-refractivity contribution >= 4 is 5.91 Å². The van der Waals surface area contributed by atoms with Gasteiger partial charge in [0.2, 0.25) is 0 Å². The number of nitrogens with zero attached hydrogens (tertiary/aromatic N) is 1. The zero-order valence-electron chi connectivity index (χ0n) is 13.7. The second-order valence-electron chi connectivity index (χ2n) is 5.92. The fraction of sp³-hybridized carbons (Fsp3) is 0.200. The quantitative estimate of drug-likeness (QED) is 0.725. The van der Waals surface area contributed by atoms with Crippen LogP contribution in [0.5, 0.6) is 0 Å². The Morgan fingerprint density at radius 1 is 1.08 bits per heavy atom. The number of aromatic nitrogens is 2. The van der Waals surface area contributed by atoms with Gasteiger partial charge in [-0.15, -0.1) is 0 Å². The normalized spacial score (nSPS) is 11.9. The lowest BCUT2D eigenvalue weighted by molar-refractivity contribution is 0.0939. The first-order valence-corrected chi connectivity index (χ1v) is 8.17. The van der Waals surface area contributed by atoms with Gasteiger partial charge in [-0.05, 0) is 25.3 Å². The molecule has 0 radical (unpaired) electrons. The zero-order chi connectivity index (χ0) is 16.8. The van der Waals surface area contributed by atoms with Crippen molar-refractivity contribution in [2.45, 2.75) is 25.8 Å². The van der Waals surface area contributed by atoms with E-state index in [1.165, 1.54) is 5.56 Å². The minimum Gasteiger partial charge on any atom is -0.349 e. The third kappa shape index (κ3) is 3.90. The average Bonchev–Trinajstić information content (AvgIpc) is 3.11. The molecule has 0 aliphatic carbocycles. The standard InChI is InChI=1S/C20H21N3O/c1-15(12-13-16-8-4-2-5-9-16)22-20(24)18-14-21-23-19(18)17-10-6-3-7-11-17/h2-11,14-15H,12-13H2,1H3,(H,21,23)(H,22,24). The first-order chi connectivity index (χ1) is 11.7. The molecule has 0 saturated carbocycles. The molecule has 0 bridgehead atoms. The minimum absolute atomic E-state index is 0.0937. The predicted molar refractivity (Wildman–Crippen MR) is 95.7 cm³/mol. The second-order valence-corrected chi connectivity index (χ2v) is 5.92. The Balaban J connectivity index is 1.62. The molecule has 0 fully saturated rings. The van der Waals surface area contributed by atoms with Gasteiger partial charge in [-0.25, -0.2) is 0 Å². The highest BCUT2D eigenvalue weighted by Crippen LogP contribution is 2.20. The summed E-state index contributed by atoms with van der Waals surface area (Å²) in [5, 5.41) is 10.0. The number of carbonyl (C=O) groups excluding carboxylic acids is 1. The molecule has 2 N–H and O–H groups in total. The summed E-state index contributed by atoms with van der Waals surface area (Å²) in [6.45, 7) is 2.03. The van der Waals surface area contributed by atoms with Crippen molar-refractivity contribution in [1.29, 1.82) is 0 Å². The molecule has 4 nitrogen and oxygen atoms in total. The van der Waals surface area contributed by atoms with Crippen molar-refractivity contribution in [1.82, 2.24) is 15.5 Å². The van der Waals surface area contributed by atoms with Gasteiger partial charge in [0.15, 0.2) is 0 Å². The van der Waals surface area contributed by atoms with E-state index in [2.05, 4.69) is 27.6 Å². The number of aryl methyl sites for hydroxylation is 1. The van der Waals surface area contributed by atoms with E-state index in [9.17, 15) is 4.79 Å². The molecule has 1 unspecified atom stereocenters. The largest absolute Gasteiger partial charge is 0.349 e. The maximum atomic E-state index is 12.6. The average molecular weight is 319 g/mol. The second kappa shape index (κ2) is 7.59. The van der Waals surface area contributed by atoms with Crippen LogP contribution in [-0.2, 0) is 6.42 Å². The summed E-state index contributed by atoms with van der Waals surface area (Å²) in [5.41, 5.74) is 3.57. The van der Waals surface area contributed by atoms with E-state index in [1.54, 1.807) is 6.20 Å². The summed E-state index contributed by atoms with van der Waals surface area (Å²) in [6, 6.07) is 20.2. The lowest BCUT2D eigenvalue weighted by Gasteiger charge is -2.14. The van der Waals surface area contributed by atoms with Gasteiger partial charge >= 0.3 is 0 Å². The first kappa shape index (κ1) is 16.0. The molecule has 1 atom stereocenters. The number of H-pyrrole nitrogens is 1. The molecule has 24 heavy (non-hydrogen) atoms. The number of benzene rings is 2. The van der Waals surface area contributed by atoms with E-state index >= 15 is 0 Å². The predicted octanol–water partition coefficient (Wildman–Crippen LogP) is 3.83. The van der Waals surface area contributed by atoms with Crippen LogP contribution in [-0.4, -0.2) is 22.1 Å². The van der Waals surface area contributed by atoms with Crippen molar-refractivity contribution in [2.75, 3.05) is 0 Å². The Bertz CT molecular complexity index is 781. The summed E-state index contributed by atoms with van der Waals surface area (Å²) in [6.07, 6.45) is 3.43. The third-order valence-electron chi connectivity index (χ3n) is 4.03. The summed E-state index contributed by atoms with van der Waals surface area (Å²) in [7, 11) is 0. The molecule has 1 aromatic heterocycles. The fourth-order valence-electron chi connectivity index (χ4n) is 2.68. The van der Waals surface area contributed by atoms with Gasteiger partial charge in [0, 0.05) is 11.6 Å². The van der Waals surface area contributed by atoms with E-state index in [-0.39, 0.29) is 11.9 Å². The summed E-state index contributed by atoms with van der Waals surface area (Å²) >= 11 is 0. The lowest BCUT2D eigenvalue weighted by Crippen LogP contribution is -2.33. The van der Waals surface area contributed by atoms with E-state index in [0.717, 1.165) is 24.1 Å². The fourth-order valence-corrected chi connectivity index (χ4v) is 2.68. The van der Waals surface area contributed by atoms with Gasteiger partial charge in [0.25, 0.3) is 5.91 Å². The minimum atomic E-state index is -0.0943. The third-order valence-corrected chi connectivity index (χ3v) is 4.03. The highest BCUT2D eigenvalue weighted by Gasteiger charge is 2.16. The van der Waals surface area contributed by atoms with Crippen molar-refractivity contribution in [3.8, 4) is 11.3 Å². The first-order valence-electron chi connectivity index (χ1n) is 8.17. The summed E-state index contributed by atoms with van der Waals surface area (Å²) in [4.78, 5) is 12.6. The van der Waals surface area contributed by atoms with Crippen LogP contribution in [0, 0.1) is 0 Å². The van der Waals surface area contributed by atoms with Gasteiger partial charge in [-0.1, -0.05) is 60.7 Å². The van der Waals surface area contributed by atoms with Crippen LogP contribution < -0.4 is 5.32 Å². The SMILES string of the molecule is CC(CCc1ccccc1)NC(=O)c1cn[nH]c1-c1ccccc1. The van der Waals surface area contributed by atoms with Crippen LogP contribution in [0.2, 0.25) is 0 Å². The monoisotopic (exact) mass is 319 g/mol. The molecule has 1 heterocycles. The van der Waals surface area contributed by atoms with E-state index in [1.807, 2.05) is 55.5 Å². The van der Waals surface area contributed by atoms with Crippen LogP contribution in [0.1, 0.15) is 29.3 Å². The Morgan fingerprint density at radius 2 is 1.75 bits per heavy atom. The lowest BCUT2D eigenvalue weighted by atomic mass is 10.0. The van der Waals surface area contributed by atoms with E-state index in [4.69, 9.17) is 0 Å². The maximum Gasteiger partial charge on any atom is 0.255 e. The van der Waals surface area contributed by atoms with Crippen LogP contribution in [0.3, 0.4) is 0 Å². The number of carbonyl (C=O) groups is 1. The molecule has 122 valence electrons.